The zero-order valence-electron chi connectivity index (χ0n) is 12.6. The van der Waals surface area contributed by atoms with Crippen molar-refractivity contribution in [1.29, 1.82) is 0 Å². The van der Waals surface area contributed by atoms with Gasteiger partial charge in [-0.05, 0) is 29.2 Å². The maximum Gasteiger partial charge on any atom is 0.144 e. The first-order valence-corrected chi connectivity index (χ1v) is 7.70. The van der Waals surface area contributed by atoms with E-state index >= 15 is 0 Å². The van der Waals surface area contributed by atoms with Crippen molar-refractivity contribution in [1.82, 2.24) is 0 Å². The van der Waals surface area contributed by atoms with Crippen LogP contribution in [0.2, 0.25) is 0 Å². The SMILES string of the molecule is CC1OC(c2ccccc2)(c2ccccc2)c2ccccc21. The molecule has 0 saturated heterocycles. The summed E-state index contributed by atoms with van der Waals surface area (Å²) in [6.45, 7) is 2.13. The molecule has 108 valence electrons. The fourth-order valence-electron chi connectivity index (χ4n) is 3.52. The van der Waals surface area contributed by atoms with Gasteiger partial charge in [-0.2, -0.15) is 0 Å². The van der Waals surface area contributed by atoms with Gasteiger partial charge >= 0.3 is 0 Å². The van der Waals surface area contributed by atoms with Crippen LogP contribution < -0.4 is 0 Å². The van der Waals surface area contributed by atoms with Crippen molar-refractivity contribution in [2.45, 2.75) is 18.6 Å². The molecule has 22 heavy (non-hydrogen) atoms. The van der Waals surface area contributed by atoms with Crippen molar-refractivity contribution in [2.24, 2.45) is 0 Å². The molecule has 0 N–H and O–H groups in total. The van der Waals surface area contributed by atoms with E-state index in [0.29, 0.717) is 0 Å². The van der Waals surface area contributed by atoms with Gasteiger partial charge in [-0.1, -0.05) is 84.9 Å². The molecule has 0 saturated carbocycles. The average Bonchev–Trinajstić information content (AvgIpc) is 2.91. The third-order valence-electron chi connectivity index (χ3n) is 4.49. The summed E-state index contributed by atoms with van der Waals surface area (Å²) < 4.78 is 6.59. The Morgan fingerprint density at radius 1 is 0.682 bits per heavy atom. The van der Waals surface area contributed by atoms with Crippen LogP contribution in [0.4, 0.5) is 0 Å². The number of fused-ring (bicyclic) bond motifs is 1. The molecule has 0 aromatic heterocycles. The first kappa shape index (κ1) is 13.3. The van der Waals surface area contributed by atoms with Crippen molar-refractivity contribution in [3.8, 4) is 0 Å². The van der Waals surface area contributed by atoms with Crippen LogP contribution in [0.1, 0.15) is 35.3 Å². The Morgan fingerprint density at radius 3 is 1.77 bits per heavy atom. The van der Waals surface area contributed by atoms with Crippen LogP contribution in [0.15, 0.2) is 84.9 Å². The van der Waals surface area contributed by atoms with Crippen molar-refractivity contribution >= 4 is 0 Å². The Morgan fingerprint density at radius 2 is 1.18 bits per heavy atom. The third kappa shape index (κ3) is 1.83. The second-order valence-corrected chi connectivity index (χ2v) is 5.76. The summed E-state index contributed by atoms with van der Waals surface area (Å²) in [5.41, 5.74) is 4.37. The maximum atomic E-state index is 6.59. The van der Waals surface area contributed by atoms with E-state index in [-0.39, 0.29) is 6.10 Å². The van der Waals surface area contributed by atoms with Crippen LogP contribution in [-0.4, -0.2) is 0 Å². The van der Waals surface area contributed by atoms with E-state index in [9.17, 15) is 0 Å². The van der Waals surface area contributed by atoms with Crippen LogP contribution in [-0.2, 0) is 10.3 Å². The molecule has 3 aromatic rings. The van der Waals surface area contributed by atoms with Crippen LogP contribution in [0.5, 0.6) is 0 Å². The largest absolute Gasteiger partial charge is 0.353 e. The zero-order chi connectivity index (χ0) is 15.0. The summed E-state index contributed by atoms with van der Waals surface area (Å²) >= 11 is 0. The van der Waals surface area contributed by atoms with Gasteiger partial charge in [-0.3, -0.25) is 0 Å². The summed E-state index contributed by atoms with van der Waals surface area (Å²) in [7, 11) is 0. The van der Waals surface area contributed by atoms with E-state index in [2.05, 4.69) is 79.7 Å². The van der Waals surface area contributed by atoms with Gasteiger partial charge in [0.25, 0.3) is 0 Å². The fourth-order valence-corrected chi connectivity index (χ4v) is 3.52. The van der Waals surface area contributed by atoms with Gasteiger partial charge in [0.2, 0.25) is 0 Å². The number of rotatable bonds is 2. The number of benzene rings is 3. The molecule has 1 aliphatic heterocycles. The minimum Gasteiger partial charge on any atom is -0.353 e. The highest BCUT2D eigenvalue weighted by atomic mass is 16.5. The summed E-state index contributed by atoms with van der Waals surface area (Å²) in [6, 6.07) is 29.6. The quantitative estimate of drug-likeness (QED) is 0.639. The first-order chi connectivity index (χ1) is 10.8. The van der Waals surface area contributed by atoms with Gasteiger partial charge in [0, 0.05) is 0 Å². The lowest BCUT2D eigenvalue weighted by Crippen LogP contribution is -2.28. The minimum absolute atomic E-state index is 0.0802. The summed E-state index contributed by atoms with van der Waals surface area (Å²) in [5.74, 6) is 0. The Bertz CT molecular complexity index is 738. The van der Waals surface area contributed by atoms with Gasteiger partial charge < -0.3 is 4.74 Å². The maximum absolute atomic E-state index is 6.59. The lowest BCUT2D eigenvalue weighted by atomic mass is 9.80. The molecule has 0 radical (unpaired) electrons. The fraction of sp³-hybridized carbons (Fsp3) is 0.143. The topological polar surface area (TPSA) is 9.23 Å². The molecule has 0 fully saturated rings. The zero-order valence-corrected chi connectivity index (χ0v) is 12.6. The molecule has 0 bridgehead atoms. The molecular formula is C21H18O. The summed E-state index contributed by atoms with van der Waals surface area (Å²) in [4.78, 5) is 0. The van der Waals surface area contributed by atoms with E-state index in [0.717, 1.165) is 0 Å². The lowest BCUT2D eigenvalue weighted by molar-refractivity contribution is -0.0130. The molecule has 1 aliphatic rings. The van der Waals surface area contributed by atoms with Crippen LogP contribution in [0.3, 0.4) is 0 Å². The van der Waals surface area contributed by atoms with E-state index in [1.807, 2.05) is 12.1 Å². The van der Waals surface area contributed by atoms with Gasteiger partial charge in [-0.25, -0.2) is 0 Å². The third-order valence-corrected chi connectivity index (χ3v) is 4.49. The Hall–Kier alpha value is -2.38. The second kappa shape index (κ2) is 5.11. The van der Waals surface area contributed by atoms with Crippen molar-refractivity contribution < 1.29 is 4.74 Å². The smallest absolute Gasteiger partial charge is 0.144 e. The second-order valence-electron chi connectivity index (χ2n) is 5.76. The van der Waals surface area contributed by atoms with Crippen LogP contribution >= 0.6 is 0 Å². The number of ether oxygens (including phenoxy) is 1. The van der Waals surface area contributed by atoms with Gasteiger partial charge in [0.1, 0.15) is 5.60 Å². The van der Waals surface area contributed by atoms with E-state index in [1.54, 1.807) is 0 Å². The van der Waals surface area contributed by atoms with Crippen LogP contribution in [0, 0.1) is 0 Å². The Labute approximate surface area is 131 Å². The monoisotopic (exact) mass is 286 g/mol. The predicted octanol–water partition coefficient (Wildman–Crippen LogP) is 5.07. The number of hydrogen-bond acceptors (Lipinski definition) is 1. The molecule has 0 spiro atoms. The summed E-state index contributed by atoms with van der Waals surface area (Å²) in [6.07, 6.45) is 0.0802. The van der Waals surface area contributed by atoms with Crippen LogP contribution in [0.25, 0.3) is 0 Å². The van der Waals surface area contributed by atoms with Gasteiger partial charge in [0.15, 0.2) is 0 Å². The van der Waals surface area contributed by atoms with Crippen molar-refractivity contribution in [3.63, 3.8) is 0 Å². The molecular weight excluding hydrogens is 268 g/mol. The van der Waals surface area contributed by atoms with Gasteiger partial charge in [0.05, 0.1) is 6.10 Å². The molecule has 1 atom stereocenters. The van der Waals surface area contributed by atoms with Crippen molar-refractivity contribution in [2.75, 3.05) is 0 Å². The minimum atomic E-state index is -0.515. The number of hydrogen-bond donors (Lipinski definition) is 0. The Kier molecular flexibility index (Phi) is 3.09. The van der Waals surface area contributed by atoms with Crippen molar-refractivity contribution in [3.05, 3.63) is 107 Å². The average molecular weight is 286 g/mol. The molecule has 3 aromatic carbocycles. The van der Waals surface area contributed by atoms with E-state index < -0.39 is 5.60 Å². The molecule has 1 nitrogen and oxygen atoms in total. The molecule has 1 unspecified atom stereocenters. The first-order valence-electron chi connectivity index (χ1n) is 7.70. The highest BCUT2D eigenvalue weighted by molar-refractivity contribution is 5.53. The standard InChI is InChI=1S/C21H18O/c1-16-19-14-8-9-15-20(19)21(22-16,17-10-4-2-5-11-17)18-12-6-3-7-13-18/h2-16H,1H3. The highest BCUT2D eigenvalue weighted by Crippen LogP contribution is 2.51. The van der Waals surface area contributed by atoms with Gasteiger partial charge in [-0.15, -0.1) is 0 Å². The molecule has 1 heteroatoms. The van der Waals surface area contributed by atoms with E-state index in [4.69, 9.17) is 4.74 Å². The molecule has 4 rings (SSSR count). The summed E-state index contributed by atoms with van der Waals surface area (Å²) in [5, 5.41) is 0. The molecule has 1 heterocycles. The highest BCUT2D eigenvalue weighted by Gasteiger charge is 2.45. The predicted molar refractivity (Wildman–Crippen MR) is 88.7 cm³/mol. The lowest BCUT2D eigenvalue weighted by Gasteiger charge is -2.31. The molecule has 0 amide bonds. The molecule has 0 aliphatic carbocycles. The normalized spacial score (nSPS) is 18.9. The van der Waals surface area contributed by atoms with E-state index in [1.165, 1.54) is 22.3 Å². The Balaban J connectivity index is 2.04.